The van der Waals surface area contributed by atoms with Crippen molar-refractivity contribution in [2.75, 3.05) is 0 Å². The van der Waals surface area contributed by atoms with Crippen LogP contribution in [0, 0.1) is 0 Å². The number of Topliss-reactive ketones (excluding diaryl/α,β-unsaturated/α-hetero) is 1. The minimum atomic E-state index is 0.155. The summed E-state index contributed by atoms with van der Waals surface area (Å²) in [5.41, 5.74) is 4.18. The molecule has 0 amide bonds. The number of imidazole rings is 1. The average Bonchev–Trinajstić information content (AvgIpc) is 2.97. The molecule has 118 valence electrons. The van der Waals surface area contributed by atoms with Gasteiger partial charge in [0.05, 0.1) is 11.0 Å². The summed E-state index contributed by atoms with van der Waals surface area (Å²) in [6.45, 7) is 1.64. The van der Waals surface area contributed by atoms with E-state index in [0.29, 0.717) is 0 Å². The summed E-state index contributed by atoms with van der Waals surface area (Å²) in [5.74, 6) is 1.22. The Morgan fingerprint density at radius 2 is 1.70 bits per heavy atom. The molecule has 0 spiro atoms. The number of carbonyl (C=O) groups excluding carboxylic acids is 1. The third-order valence-electron chi connectivity index (χ3n) is 4.19. The van der Waals surface area contributed by atoms with Gasteiger partial charge in [-0.1, -0.05) is 42.8 Å². The lowest BCUT2D eigenvalue weighted by Gasteiger charge is -2.06. The molecule has 23 heavy (non-hydrogen) atoms. The van der Waals surface area contributed by atoms with Crippen molar-refractivity contribution in [3.05, 3.63) is 65.5 Å². The summed E-state index contributed by atoms with van der Waals surface area (Å²) < 4.78 is 0. The Morgan fingerprint density at radius 3 is 2.52 bits per heavy atom. The van der Waals surface area contributed by atoms with Crippen LogP contribution in [0.1, 0.15) is 47.9 Å². The summed E-state index contributed by atoms with van der Waals surface area (Å²) in [4.78, 5) is 19.6. The van der Waals surface area contributed by atoms with E-state index in [-0.39, 0.29) is 5.78 Å². The van der Waals surface area contributed by atoms with Crippen LogP contribution in [0.2, 0.25) is 0 Å². The Hall–Kier alpha value is -2.42. The lowest BCUT2D eigenvalue weighted by Crippen LogP contribution is -1.99. The van der Waals surface area contributed by atoms with Gasteiger partial charge in [-0.15, -0.1) is 0 Å². The lowest BCUT2D eigenvalue weighted by atomic mass is 9.99. The molecule has 1 N–H and O–H groups in total. The van der Waals surface area contributed by atoms with Crippen LogP contribution in [0.5, 0.6) is 0 Å². The molecule has 0 aliphatic rings. The van der Waals surface area contributed by atoms with Crippen molar-refractivity contribution < 1.29 is 4.79 Å². The van der Waals surface area contributed by atoms with Crippen molar-refractivity contribution in [3.63, 3.8) is 0 Å². The molecule has 0 bridgehead atoms. The van der Waals surface area contributed by atoms with Crippen LogP contribution in [0.4, 0.5) is 0 Å². The lowest BCUT2D eigenvalue weighted by molar-refractivity contribution is 0.101. The summed E-state index contributed by atoms with van der Waals surface area (Å²) >= 11 is 0. The highest BCUT2D eigenvalue weighted by Crippen LogP contribution is 2.15. The molecule has 0 saturated carbocycles. The van der Waals surface area contributed by atoms with Crippen LogP contribution in [0.15, 0.2) is 48.5 Å². The van der Waals surface area contributed by atoms with E-state index >= 15 is 0 Å². The first-order valence-electron chi connectivity index (χ1n) is 8.26. The molecule has 3 heteroatoms. The average molecular weight is 306 g/mol. The summed E-state index contributed by atoms with van der Waals surface area (Å²) in [7, 11) is 0. The van der Waals surface area contributed by atoms with Crippen molar-refractivity contribution in [1.29, 1.82) is 0 Å². The van der Waals surface area contributed by atoms with E-state index in [1.165, 1.54) is 5.56 Å². The van der Waals surface area contributed by atoms with Gasteiger partial charge in [0, 0.05) is 12.0 Å². The van der Waals surface area contributed by atoms with Gasteiger partial charge in [-0.25, -0.2) is 4.98 Å². The number of hydrogen-bond acceptors (Lipinski definition) is 2. The number of para-hydroxylation sites is 2. The minimum Gasteiger partial charge on any atom is -0.342 e. The zero-order valence-corrected chi connectivity index (χ0v) is 13.5. The molecule has 3 aromatic rings. The normalized spacial score (nSPS) is 11.0. The second kappa shape index (κ2) is 7.23. The largest absolute Gasteiger partial charge is 0.342 e. The van der Waals surface area contributed by atoms with Gasteiger partial charge < -0.3 is 4.98 Å². The van der Waals surface area contributed by atoms with Crippen LogP contribution < -0.4 is 0 Å². The van der Waals surface area contributed by atoms with Crippen molar-refractivity contribution >= 4 is 16.8 Å². The van der Waals surface area contributed by atoms with Gasteiger partial charge in [0.15, 0.2) is 5.78 Å². The predicted molar refractivity (Wildman–Crippen MR) is 93.8 cm³/mol. The molecule has 0 aliphatic heterocycles. The van der Waals surface area contributed by atoms with Gasteiger partial charge in [0.2, 0.25) is 0 Å². The minimum absolute atomic E-state index is 0.155. The Morgan fingerprint density at radius 1 is 0.957 bits per heavy atom. The summed E-state index contributed by atoms with van der Waals surface area (Å²) in [5, 5.41) is 0. The second-order valence-corrected chi connectivity index (χ2v) is 5.97. The Bertz CT molecular complexity index is 771. The maximum Gasteiger partial charge on any atom is 0.160 e. The number of aromatic nitrogens is 2. The molecule has 3 nitrogen and oxygen atoms in total. The van der Waals surface area contributed by atoms with Gasteiger partial charge in [-0.2, -0.15) is 0 Å². The summed E-state index contributed by atoms with van der Waals surface area (Å²) in [6, 6.07) is 16.1. The molecular weight excluding hydrogens is 284 g/mol. The number of nitrogens with one attached hydrogen (secondary N) is 1. The van der Waals surface area contributed by atoms with Crippen molar-refractivity contribution in [1.82, 2.24) is 9.97 Å². The third-order valence-corrected chi connectivity index (χ3v) is 4.19. The predicted octanol–water partition coefficient (Wildman–Crippen LogP) is 4.72. The quantitative estimate of drug-likeness (QED) is 0.507. The number of unbranched alkanes of at least 4 members (excludes halogenated alkanes) is 2. The van der Waals surface area contributed by atoms with Gasteiger partial charge in [0.25, 0.3) is 0 Å². The maximum absolute atomic E-state index is 11.6. The fourth-order valence-corrected chi connectivity index (χ4v) is 2.99. The topological polar surface area (TPSA) is 45.8 Å². The van der Waals surface area contributed by atoms with Crippen LogP contribution >= 0.6 is 0 Å². The molecule has 0 aliphatic carbocycles. The highest BCUT2D eigenvalue weighted by atomic mass is 16.1. The maximum atomic E-state index is 11.6. The molecule has 0 atom stereocenters. The fourth-order valence-electron chi connectivity index (χ4n) is 2.99. The molecule has 0 unspecified atom stereocenters. The number of carbonyl (C=O) groups is 1. The zero-order valence-electron chi connectivity index (χ0n) is 13.5. The molecule has 1 heterocycles. The Kier molecular flexibility index (Phi) is 4.86. The van der Waals surface area contributed by atoms with E-state index in [1.54, 1.807) is 6.92 Å². The molecular formula is C20H22N2O. The third kappa shape index (κ3) is 3.86. The fraction of sp³-hybridized carbons (Fsp3) is 0.300. The molecule has 0 radical (unpaired) electrons. The molecule has 3 rings (SSSR count). The van der Waals surface area contributed by atoms with Gasteiger partial charge in [0.1, 0.15) is 5.82 Å². The van der Waals surface area contributed by atoms with Crippen LogP contribution in [-0.2, 0) is 12.8 Å². The monoisotopic (exact) mass is 306 g/mol. The van der Waals surface area contributed by atoms with E-state index in [9.17, 15) is 4.79 Å². The van der Waals surface area contributed by atoms with E-state index in [1.807, 2.05) is 36.4 Å². The number of nitrogens with zero attached hydrogens (tertiary/aromatic N) is 1. The first-order valence-corrected chi connectivity index (χ1v) is 8.26. The SMILES string of the molecule is CC(=O)c1ccccc1CCCCCc1nc2ccccc2[nH]1. The standard InChI is InChI=1S/C20H22N2O/c1-15(23)17-11-6-5-10-16(17)9-3-2-4-14-20-21-18-12-7-8-13-19(18)22-20/h5-8,10-13H,2-4,9,14H2,1H3,(H,21,22). The number of ketones is 1. The zero-order chi connectivity index (χ0) is 16.1. The van der Waals surface area contributed by atoms with E-state index in [2.05, 4.69) is 22.1 Å². The highest BCUT2D eigenvalue weighted by molar-refractivity contribution is 5.95. The van der Waals surface area contributed by atoms with E-state index in [0.717, 1.165) is 54.5 Å². The van der Waals surface area contributed by atoms with Crippen molar-refractivity contribution in [2.45, 2.75) is 39.0 Å². The van der Waals surface area contributed by atoms with Crippen LogP contribution in [0.25, 0.3) is 11.0 Å². The number of H-pyrrole nitrogens is 1. The van der Waals surface area contributed by atoms with E-state index < -0.39 is 0 Å². The first-order chi connectivity index (χ1) is 11.2. The van der Waals surface area contributed by atoms with Crippen molar-refractivity contribution in [3.8, 4) is 0 Å². The van der Waals surface area contributed by atoms with Crippen molar-refractivity contribution in [2.24, 2.45) is 0 Å². The smallest absolute Gasteiger partial charge is 0.160 e. The van der Waals surface area contributed by atoms with Gasteiger partial charge in [-0.3, -0.25) is 4.79 Å². The molecule has 1 aromatic heterocycles. The number of hydrogen-bond donors (Lipinski definition) is 1. The Labute approximate surface area is 136 Å². The molecule has 0 fully saturated rings. The molecule has 2 aromatic carbocycles. The summed E-state index contributed by atoms with van der Waals surface area (Å²) in [6.07, 6.45) is 5.30. The number of aromatic amines is 1. The number of aryl methyl sites for hydroxylation is 2. The number of benzene rings is 2. The second-order valence-electron chi connectivity index (χ2n) is 5.97. The molecule has 0 saturated heterocycles. The number of fused-ring (bicyclic) bond motifs is 1. The highest BCUT2D eigenvalue weighted by Gasteiger charge is 2.06. The van der Waals surface area contributed by atoms with E-state index in [4.69, 9.17) is 0 Å². The van der Waals surface area contributed by atoms with Gasteiger partial charge in [-0.05, 0) is 43.9 Å². The Balaban J connectivity index is 1.48. The first kappa shape index (κ1) is 15.5. The number of rotatable bonds is 7. The van der Waals surface area contributed by atoms with Crippen LogP contribution in [0.3, 0.4) is 0 Å². The van der Waals surface area contributed by atoms with Crippen LogP contribution in [-0.4, -0.2) is 15.8 Å². The van der Waals surface area contributed by atoms with Gasteiger partial charge >= 0.3 is 0 Å².